The van der Waals surface area contributed by atoms with Crippen molar-refractivity contribution in [3.8, 4) is 0 Å². The summed E-state index contributed by atoms with van der Waals surface area (Å²) in [6.45, 7) is 9.46. The van der Waals surface area contributed by atoms with Crippen LogP contribution < -0.4 is 5.32 Å². The molecule has 0 bridgehead atoms. The maximum absolute atomic E-state index is 12.7. The number of hydrogen-bond donors (Lipinski definition) is 2. The second-order valence-electron chi connectivity index (χ2n) is 6.21. The van der Waals surface area contributed by atoms with Crippen molar-refractivity contribution in [1.82, 2.24) is 15.3 Å². The lowest BCUT2D eigenvalue weighted by Gasteiger charge is -2.29. The largest absolute Gasteiger partial charge is 0.463 e. The first-order chi connectivity index (χ1) is 12.8. The van der Waals surface area contributed by atoms with Crippen molar-refractivity contribution in [1.29, 1.82) is 0 Å². The molecule has 1 aliphatic rings. The van der Waals surface area contributed by atoms with Crippen molar-refractivity contribution in [3.63, 3.8) is 0 Å². The molecular formula is C19H28ClN3O5. The molecule has 0 spiro atoms. The summed E-state index contributed by atoms with van der Waals surface area (Å²) in [5, 5.41) is 3.32. The number of halogens is 1. The fraction of sp³-hybridized carbons (Fsp3) is 0.526. The van der Waals surface area contributed by atoms with Crippen molar-refractivity contribution >= 4 is 23.5 Å². The van der Waals surface area contributed by atoms with Gasteiger partial charge in [0.1, 0.15) is 5.82 Å². The molecular weight excluding hydrogens is 386 g/mol. The first-order valence-corrected chi connectivity index (χ1v) is 9.50. The average Bonchev–Trinajstić information content (AvgIpc) is 2.94. The molecule has 0 aromatic carbocycles. The zero-order valence-electron chi connectivity index (χ0n) is 16.9. The van der Waals surface area contributed by atoms with Crippen LogP contribution in [0, 0.1) is 0 Å². The number of aromatic nitrogens is 2. The number of dihydropyridines is 1. The van der Waals surface area contributed by atoms with Crippen LogP contribution in [0.2, 0.25) is 5.15 Å². The Morgan fingerprint density at radius 3 is 1.96 bits per heavy atom. The minimum absolute atomic E-state index is 0. The molecule has 1 aliphatic heterocycles. The first kappa shape index (κ1) is 23.7. The summed E-state index contributed by atoms with van der Waals surface area (Å²) in [5.41, 5.74) is 2.34. The molecule has 2 heterocycles. The van der Waals surface area contributed by atoms with Crippen LogP contribution in [-0.2, 0) is 25.5 Å². The van der Waals surface area contributed by atoms with Gasteiger partial charge in [-0.2, -0.15) is 0 Å². The highest BCUT2D eigenvalue weighted by Gasteiger charge is 2.40. The summed E-state index contributed by atoms with van der Waals surface area (Å²) in [6.07, 6.45) is 1.59. The molecule has 0 amide bonds. The molecule has 0 aliphatic carbocycles. The molecule has 8 nitrogen and oxygen atoms in total. The Morgan fingerprint density at radius 2 is 1.54 bits per heavy atom. The van der Waals surface area contributed by atoms with E-state index < -0.39 is 17.9 Å². The van der Waals surface area contributed by atoms with Crippen LogP contribution in [0.5, 0.6) is 0 Å². The Bertz CT molecular complexity index is 757. The number of aromatic amines is 1. The fourth-order valence-corrected chi connectivity index (χ4v) is 3.46. The lowest BCUT2D eigenvalue weighted by atomic mass is 9.83. The van der Waals surface area contributed by atoms with Crippen molar-refractivity contribution in [3.05, 3.63) is 39.2 Å². The molecule has 0 saturated carbocycles. The summed E-state index contributed by atoms with van der Waals surface area (Å²) in [4.78, 5) is 32.9. The standard InChI is InChI=1S/C19H26ClN3O4.H2O/c1-6-9-12-22-16(17(20)23-12)15-13(18(24)26-7-2)10(4)21-11(5)14(15)19(25)27-8-3;/h15,21H,6-9H2,1-5H3,(H,22,23);1H2. The number of rotatable bonds is 7. The molecule has 0 radical (unpaired) electrons. The number of imidazole rings is 1. The second-order valence-corrected chi connectivity index (χ2v) is 6.57. The van der Waals surface area contributed by atoms with Gasteiger partial charge in [-0.05, 0) is 34.1 Å². The number of ether oxygens (including phenoxy) is 2. The smallest absolute Gasteiger partial charge is 0.336 e. The van der Waals surface area contributed by atoms with E-state index in [0.29, 0.717) is 40.5 Å². The maximum Gasteiger partial charge on any atom is 0.336 e. The third kappa shape index (κ3) is 4.74. The third-order valence-electron chi connectivity index (χ3n) is 4.26. The van der Waals surface area contributed by atoms with Crippen LogP contribution >= 0.6 is 11.6 Å². The van der Waals surface area contributed by atoms with E-state index in [0.717, 1.165) is 6.42 Å². The van der Waals surface area contributed by atoms with Gasteiger partial charge in [0.25, 0.3) is 0 Å². The molecule has 0 fully saturated rings. The van der Waals surface area contributed by atoms with Gasteiger partial charge >= 0.3 is 11.9 Å². The summed E-state index contributed by atoms with van der Waals surface area (Å²) in [7, 11) is 0. The lowest BCUT2D eigenvalue weighted by Crippen LogP contribution is -2.32. The van der Waals surface area contributed by atoms with Crippen LogP contribution in [0.1, 0.15) is 58.5 Å². The van der Waals surface area contributed by atoms with Gasteiger partial charge < -0.3 is 25.3 Å². The molecule has 4 N–H and O–H groups in total. The quantitative estimate of drug-likeness (QED) is 0.661. The van der Waals surface area contributed by atoms with E-state index in [1.807, 2.05) is 6.92 Å². The molecule has 156 valence electrons. The van der Waals surface area contributed by atoms with Gasteiger partial charge in [-0.15, -0.1) is 0 Å². The average molecular weight is 414 g/mol. The SMILES string of the molecule is CCCc1nc(Cl)c(C2C(C(=O)OCC)=C(C)NC(C)=C2C(=O)OCC)[nH]1.O. The van der Waals surface area contributed by atoms with E-state index in [-0.39, 0.29) is 23.8 Å². The van der Waals surface area contributed by atoms with Gasteiger partial charge in [0, 0.05) is 17.8 Å². The third-order valence-corrected chi connectivity index (χ3v) is 4.55. The minimum Gasteiger partial charge on any atom is -0.463 e. The van der Waals surface area contributed by atoms with Gasteiger partial charge in [0.2, 0.25) is 0 Å². The van der Waals surface area contributed by atoms with E-state index in [1.165, 1.54) is 0 Å². The first-order valence-electron chi connectivity index (χ1n) is 9.12. The van der Waals surface area contributed by atoms with Crippen LogP contribution in [-0.4, -0.2) is 40.6 Å². The van der Waals surface area contributed by atoms with Crippen LogP contribution in [0.4, 0.5) is 0 Å². The normalized spacial score (nSPS) is 14.5. The summed E-state index contributed by atoms with van der Waals surface area (Å²) in [6, 6.07) is 0. The van der Waals surface area contributed by atoms with E-state index in [4.69, 9.17) is 21.1 Å². The molecule has 28 heavy (non-hydrogen) atoms. The molecule has 2 rings (SSSR count). The minimum atomic E-state index is -0.741. The Balaban J connectivity index is 0.00000392. The van der Waals surface area contributed by atoms with Gasteiger partial charge in [-0.1, -0.05) is 18.5 Å². The number of esters is 2. The number of carbonyl (C=O) groups is 2. The Morgan fingerprint density at radius 1 is 1.04 bits per heavy atom. The summed E-state index contributed by atoms with van der Waals surface area (Å²) >= 11 is 6.39. The number of allylic oxidation sites excluding steroid dienone is 2. The number of aryl methyl sites for hydroxylation is 1. The van der Waals surface area contributed by atoms with Gasteiger partial charge in [0.05, 0.1) is 36.0 Å². The molecule has 0 unspecified atom stereocenters. The predicted octanol–water partition coefficient (Wildman–Crippen LogP) is 2.55. The van der Waals surface area contributed by atoms with Crippen molar-refractivity contribution in [2.24, 2.45) is 0 Å². The van der Waals surface area contributed by atoms with Gasteiger partial charge in [0.15, 0.2) is 5.15 Å². The van der Waals surface area contributed by atoms with E-state index in [9.17, 15) is 9.59 Å². The zero-order valence-corrected chi connectivity index (χ0v) is 17.6. The zero-order chi connectivity index (χ0) is 20.1. The maximum atomic E-state index is 12.7. The highest BCUT2D eigenvalue weighted by Crippen LogP contribution is 2.41. The van der Waals surface area contributed by atoms with Crippen LogP contribution in [0.15, 0.2) is 22.5 Å². The summed E-state index contributed by atoms with van der Waals surface area (Å²) < 4.78 is 10.5. The predicted molar refractivity (Wildman–Crippen MR) is 106 cm³/mol. The van der Waals surface area contributed by atoms with E-state index in [2.05, 4.69) is 15.3 Å². The number of nitrogens with one attached hydrogen (secondary N) is 2. The molecule has 0 atom stereocenters. The fourth-order valence-electron chi connectivity index (χ4n) is 3.20. The molecule has 1 aromatic rings. The van der Waals surface area contributed by atoms with Crippen LogP contribution in [0.25, 0.3) is 0 Å². The summed E-state index contributed by atoms with van der Waals surface area (Å²) in [5.74, 6) is -1.05. The Kier molecular flexibility index (Phi) is 8.71. The molecule has 1 aromatic heterocycles. The van der Waals surface area contributed by atoms with Crippen molar-refractivity contribution in [2.75, 3.05) is 13.2 Å². The van der Waals surface area contributed by atoms with Crippen molar-refractivity contribution in [2.45, 2.75) is 53.4 Å². The lowest BCUT2D eigenvalue weighted by molar-refractivity contribution is -0.139. The topological polar surface area (TPSA) is 125 Å². The Hall–Kier alpha value is -2.32. The Labute approximate surface area is 169 Å². The second kappa shape index (κ2) is 10.3. The molecule has 9 heteroatoms. The highest BCUT2D eigenvalue weighted by atomic mass is 35.5. The van der Waals surface area contributed by atoms with Crippen LogP contribution in [0.3, 0.4) is 0 Å². The number of H-pyrrole nitrogens is 1. The van der Waals surface area contributed by atoms with E-state index in [1.54, 1.807) is 27.7 Å². The number of hydrogen-bond acceptors (Lipinski definition) is 6. The molecule has 0 saturated heterocycles. The number of carbonyl (C=O) groups excluding carboxylic acids is 2. The van der Waals surface area contributed by atoms with Crippen molar-refractivity contribution < 1.29 is 24.5 Å². The van der Waals surface area contributed by atoms with E-state index >= 15 is 0 Å². The van der Waals surface area contributed by atoms with Gasteiger partial charge in [-0.25, -0.2) is 14.6 Å². The highest BCUT2D eigenvalue weighted by molar-refractivity contribution is 6.30. The number of nitrogens with zero attached hydrogens (tertiary/aromatic N) is 1. The monoisotopic (exact) mass is 413 g/mol. The van der Waals surface area contributed by atoms with Gasteiger partial charge in [-0.3, -0.25) is 0 Å².